The lowest BCUT2D eigenvalue weighted by molar-refractivity contribution is -0.140. The molecule has 1 unspecified atom stereocenters. The maximum atomic E-state index is 13.2. The second-order valence-electron chi connectivity index (χ2n) is 4.11. The number of benzene rings is 1. The van der Waals surface area contributed by atoms with E-state index in [2.05, 4.69) is 0 Å². The second-order valence-corrected chi connectivity index (χ2v) is 5.70. The number of hydrogen-bond donors (Lipinski definition) is 1. The van der Waals surface area contributed by atoms with Crippen molar-refractivity contribution in [3.05, 3.63) is 23.0 Å². The number of halogens is 2. The maximum Gasteiger partial charge on any atom is 0.319 e. The molecule has 3 nitrogen and oxygen atoms in total. The van der Waals surface area contributed by atoms with Crippen molar-refractivity contribution in [2.45, 2.75) is 24.0 Å². The van der Waals surface area contributed by atoms with Gasteiger partial charge in [0, 0.05) is 4.90 Å². The van der Waals surface area contributed by atoms with Gasteiger partial charge in [-0.25, -0.2) is 4.39 Å². The van der Waals surface area contributed by atoms with Gasteiger partial charge in [0.25, 0.3) is 0 Å². The predicted octanol–water partition coefficient (Wildman–Crippen LogP) is 3.35. The van der Waals surface area contributed by atoms with Gasteiger partial charge in [0.05, 0.1) is 17.8 Å². The minimum absolute atomic E-state index is 0.00859. The number of thioether (sulfide) groups is 1. The van der Waals surface area contributed by atoms with Crippen molar-refractivity contribution in [1.29, 1.82) is 0 Å². The fourth-order valence-corrected chi connectivity index (χ4v) is 2.73. The van der Waals surface area contributed by atoms with E-state index in [1.807, 2.05) is 13.8 Å². The molecule has 0 spiro atoms. The van der Waals surface area contributed by atoms with Crippen LogP contribution in [0.1, 0.15) is 13.8 Å². The average molecular weight is 292 g/mol. The van der Waals surface area contributed by atoms with Crippen LogP contribution < -0.4 is 5.73 Å². The zero-order valence-electron chi connectivity index (χ0n) is 10.4. The number of esters is 1. The van der Waals surface area contributed by atoms with E-state index in [-0.39, 0.29) is 22.6 Å². The molecule has 2 N–H and O–H groups in total. The van der Waals surface area contributed by atoms with Gasteiger partial charge in [-0.05, 0) is 18.1 Å². The van der Waals surface area contributed by atoms with E-state index < -0.39 is 11.1 Å². The predicted molar refractivity (Wildman–Crippen MR) is 72.3 cm³/mol. The van der Waals surface area contributed by atoms with Crippen LogP contribution in [0.15, 0.2) is 17.0 Å². The summed E-state index contributed by atoms with van der Waals surface area (Å²) >= 11 is 7.16. The number of carbonyl (C=O) groups is 1. The summed E-state index contributed by atoms with van der Waals surface area (Å²) in [5.41, 5.74) is 5.50. The van der Waals surface area contributed by atoms with Gasteiger partial charge in [-0.15, -0.1) is 11.8 Å². The summed E-state index contributed by atoms with van der Waals surface area (Å²) in [6.45, 7) is 3.80. The maximum absolute atomic E-state index is 13.2. The molecule has 6 heteroatoms. The standard InChI is InChI=1S/C12H15ClFNO2S/c1-6(2)11(12(16)17-3)18-10-5-9(15)8(14)4-7(10)13/h4-6,11H,15H2,1-3H3. The molecular formula is C12H15ClFNO2S. The van der Waals surface area contributed by atoms with E-state index >= 15 is 0 Å². The van der Waals surface area contributed by atoms with Crippen molar-refractivity contribution in [3.8, 4) is 0 Å². The molecule has 0 aromatic heterocycles. The molecule has 1 atom stereocenters. The van der Waals surface area contributed by atoms with Crippen molar-refractivity contribution in [2.75, 3.05) is 12.8 Å². The number of nitrogen functional groups attached to an aromatic ring is 1. The summed E-state index contributed by atoms with van der Waals surface area (Å²) in [7, 11) is 1.33. The smallest absolute Gasteiger partial charge is 0.319 e. The fourth-order valence-electron chi connectivity index (χ4n) is 1.34. The van der Waals surface area contributed by atoms with Crippen LogP contribution in [-0.4, -0.2) is 18.3 Å². The van der Waals surface area contributed by atoms with E-state index in [4.69, 9.17) is 22.1 Å². The van der Waals surface area contributed by atoms with Crippen LogP contribution in [-0.2, 0) is 9.53 Å². The molecule has 1 aromatic carbocycles. The lowest BCUT2D eigenvalue weighted by Crippen LogP contribution is -2.24. The molecule has 0 aliphatic heterocycles. The third kappa shape index (κ3) is 3.53. The molecule has 0 aliphatic rings. The Labute approximate surface area is 115 Å². The molecule has 0 amide bonds. The van der Waals surface area contributed by atoms with Crippen molar-refractivity contribution in [3.63, 3.8) is 0 Å². The van der Waals surface area contributed by atoms with Crippen LogP contribution in [0.4, 0.5) is 10.1 Å². The number of methoxy groups -OCH3 is 1. The Balaban J connectivity index is 3.01. The van der Waals surface area contributed by atoms with Gasteiger partial charge in [0.15, 0.2) is 0 Å². The Morgan fingerprint density at radius 3 is 2.61 bits per heavy atom. The Bertz CT molecular complexity index is 454. The Morgan fingerprint density at radius 1 is 1.50 bits per heavy atom. The lowest BCUT2D eigenvalue weighted by Gasteiger charge is -2.18. The van der Waals surface area contributed by atoms with Crippen LogP contribution in [0.3, 0.4) is 0 Å². The van der Waals surface area contributed by atoms with Crippen LogP contribution >= 0.6 is 23.4 Å². The van der Waals surface area contributed by atoms with Crippen molar-refractivity contribution < 1.29 is 13.9 Å². The highest BCUT2D eigenvalue weighted by Crippen LogP contribution is 2.36. The molecule has 100 valence electrons. The Kier molecular flexibility index (Phi) is 5.28. The first-order valence-electron chi connectivity index (χ1n) is 5.35. The molecule has 0 heterocycles. The molecule has 0 saturated heterocycles. The Hall–Kier alpha value is -0.940. The van der Waals surface area contributed by atoms with E-state index in [0.717, 1.165) is 6.07 Å². The monoisotopic (exact) mass is 291 g/mol. The second kappa shape index (κ2) is 6.29. The summed E-state index contributed by atoms with van der Waals surface area (Å²) in [6.07, 6.45) is 0. The van der Waals surface area contributed by atoms with E-state index in [1.54, 1.807) is 0 Å². The Morgan fingerprint density at radius 2 is 2.11 bits per heavy atom. The molecule has 18 heavy (non-hydrogen) atoms. The van der Waals surface area contributed by atoms with Gasteiger partial charge in [-0.1, -0.05) is 25.4 Å². The van der Waals surface area contributed by atoms with Gasteiger partial charge < -0.3 is 10.5 Å². The highest BCUT2D eigenvalue weighted by atomic mass is 35.5. The van der Waals surface area contributed by atoms with Gasteiger partial charge >= 0.3 is 5.97 Å². The van der Waals surface area contributed by atoms with Crippen molar-refractivity contribution in [2.24, 2.45) is 5.92 Å². The van der Waals surface area contributed by atoms with Gasteiger partial charge in [-0.3, -0.25) is 4.79 Å². The molecular weight excluding hydrogens is 277 g/mol. The van der Waals surface area contributed by atoms with Crippen LogP contribution in [0, 0.1) is 11.7 Å². The zero-order valence-corrected chi connectivity index (χ0v) is 11.9. The molecule has 0 saturated carbocycles. The number of anilines is 1. The number of carbonyl (C=O) groups excluding carboxylic acids is 1. The molecule has 1 aromatic rings. The average Bonchev–Trinajstić information content (AvgIpc) is 2.30. The molecule has 0 fully saturated rings. The molecule has 1 rings (SSSR count). The number of nitrogens with two attached hydrogens (primary N) is 1. The number of rotatable bonds is 4. The lowest BCUT2D eigenvalue weighted by atomic mass is 10.1. The summed E-state index contributed by atoms with van der Waals surface area (Å²) in [6, 6.07) is 2.58. The number of ether oxygens (including phenoxy) is 1. The fraction of sp³-hybridized carbons (Fsp3) is 0.417. The first kappa shape index (κ1) is 15.1. The normalized spacial score (nSPS) is 12.6. The quantitative estimate of drug-likeness (QED) is 0.525. The topological polar surface area (TPSA) is 52.3 Å². The van der Waals surface area contributed by atoms with Gasteiger partial charge in [0.1, 0.15) is 11.1 Å². The van der Waals surface area contributed by atoms with Gasteiger partial charge in [-0.2, -0.15) is 0 Å². The first-order valence-corrected chi connectivity index (χ1v) is 6.61. The molecule has 0 aliphatic carbocycles. The first-order chi connectivity index (χ1) is 8.36. The van der Waals surface area contributed by atoms with Gasteiger partial charge in [0.2, 0.25) is 0 Å². The minimum atomic E-state index is -0.566. The summed E-state index contributed by atoms with van der Waals surface area (Å²) in [5, 5.41) is -0.168. The third-order valence-corrected chi connectivity index (χ3v) is 4.35. The third-order valence-electron chi connectivity index (χ3n) is 2.34. The van der Waals surface area contributed by atoms with Crippen molar-refractivity contribution >= 4 is 35.0 Å². The van der Waals surface area contributed by atoms with E-state index in [0.29, 0.717) is 4.90 Å². The van der Waals surface area contributed by atoms with Crippen LogP contribution in [0.2, 0.25) is 5.02 Å². The summed E-state index contributed by atoms with van der Waals surface area (Å²) in [4.78, 5) is 12.2. The summed E-state index contributed by atoms with van der Waals surface area (Å²) in [5.74, 6) is -0.845. The SMILES string of the molecule is COC(=O)C(Sc1cc(N)c(F)cc1Cl)C(C)C. The molecule has 0 radical (unpaired) electrons. The minimum Gasteiger partial charge on any atom is -0.468 e. The number of hydrogen-bond acceptors (Lipinski definition) is 4. The van der Waals surface area contributed by atoms with E-state index in [1.165, 1.54) is 24.9 Å². The van der Waals surface area contributed by atoms with E-state index in [9.17, 15) is 9.18 Å². The highest BCUT2D eigenvalue weighted by Gasteiger charge is 2.25. The summed E-state index contributed by atoms with van der Waals surface area (Å²) < 4.78 is 17.9. The highest BCUT2D eigenvalue weighted by molar-refractivity contribution is 8.00. The molecule has 0 bridgehead atoms. The largest absolute Gasteiger partial charge is 0.468 e. The van der Waals surface area contributed by atoms with Crippen LogP contribution in [0.5, 0.6) is 0 Å². The van der Waals surface area contributed by atoms with Crippen molar-refractivity contribution in [1.82, 2.24) is 0 Å². The van der Waals surface area contributed by atoms with Crippen LogP contribution in [0.25, 0.3) is 0 Å². The zero-order chi connectivity index (χ0) is 13.9.